The summed E-state index contributed by atoms with van der Waals surface area (Å²) in [5.41, 5.74) is 1.80. The molecule has 2 aromatic heterocycles. The van der Waals surface area contributed by atoms with Gasteiger partial charge in [0.2, 0.25) is 11.8 Å². The van der Waals surface area contributed by atoms with Crippen molar-refractivity contribution in [3.05, 3.63) is 57.5 Å². The first-order valence-corrected chi connectivity index (χ1v) is 8.56. The highest BCUT2D eigenvalue weighted by Gasteiger charge is 2.38. The second-order valence-electron chi connectivity index (χ2n) is 6.77. The Morgan fingerprint density at radius 3 is 2.92 bits per heavy atom. The van der Waals surface area contributed by atoms with Crippen LogP contribution in [0.4, 0.5) is 0 Å². The Kier molecular flexibility index (Phi) is 4.02. The Balaban J connectivity index is 1.44. The lowest BCUT2D eigenvalue weighted by molar-refractivity contribution is -0.136. The molecule has 0 bridgehead atoms. The van der Waals surface area contributed by atoms with Gasteiger partial charge in [-0.25, -0.2) is 4.98 Å². The van der Waals surface area contributed by atoms with Crippen LogP contribution in [-0.4, -0.2) is 43.1 Å². The second-order valence-corrected chi connectivity index (χ2v) is 6.77. The van der Waals surface area contributed by atoms with Gasteiger partial charge < -0.3 is 14.8 Å². The number of fused-ring (bicyclic) bond motifs is 1. The van der Waals surface area contributed by atoms with Gasteiger partial charge in [0, 0.05) is 19.2 Å². The van der Waals surface area contributed by atoms with Gasteiger partial charge in [-0.3, -0.25) is 19.4 Å². The minimum Gasteiger partial charge on any atom is -0.336 e. The van der Waals surface area contributed by atoms with E-state index in [2.05, 4.69) is 15.0 Å². The van der Waals surface area contributed by atoms with Crippen molar-refractivity contribution in [1.29, 1.82) is 0 Å². The minimum absolute atomic E-state index is 0.0440. The highest BCUT2D eigenvalue weighted by Crippen LogP contribution is 2.26. The summed E-state index contributed by atoms with van der Waals surface area (Å²) in [4.78, 5) is 51.7. The Labute approximate surface area is 149 Å². The van der Waals surface area contributed by atoms with Crippen LogP contribution in [0.3, 0.4) is 0 Å². The minimum atomic E-state index is -0.388. The van der Waals surface area contributed by atoms with Crippen molar-refractivity contribution < 1.29 is 9.59 Å². The quantitative estimate of drug-likeness (QED) is 0.859. The number of aromatic amines is 1. The van der Waals surface area contributed by atoms with Crippen LogP contribution < -0.4 is 5.56 Å². The van der Waals surface area contributed by atoms with Crippen LogP contribution >= 0.6 is 0 Å². The van der Waals surface area contributed by atoms with E-state index in [-0.39, 0.29) is 36.3 Å². The number of carbonyl (C=O) groups is 2. The van der Waals surface area contributed by atoms with Crippen LogP contribution in [0.2, 0.25) is 0 Å². The topological polar surface area (TPSA) is 99.3 Å². The van der Waals surface area contributed by atoms with Gasteiger partial charge in [0.15, 0.2) is 0 Å². The highest BCUT2D eigenvalue weighted by molar-refractivity contribution is 5.89. The van der Waals surface area contributed by atoms with E-state index in [4.69, 9.17) is 0 Å². The molecule has 4 rings (SSSR count). The average Bonchev–Trinajstić information content (AvgIpc) is 3.19. The van der Waals surface area contributed by atoms with Crippen LogP contribution in [0.15, 0.2) is 29.2 Å². The first kappa shape index (κ1) is 16.4. The number of nitrogens with one attached hydrogen (secondary N) is 1. The summed E-state index contributed by atoms with van der Waals surface area (Å²) in [5, 5.41) is 0. The Bertz CT molecular complexity index is 924. The maximum atomic E-state index is 12.8. The summed E-state index contributed by atoms with van der Waals surface area (Å²) in [5.74, 6) is 0.00999. The normalized spacial score (nSPS) is 19.1. The van der Waals surface area contributed by atoms with Crippen LogP contribution in [0.25, 0.3) is 0 Å². The number of rotatable bonds is 3. The number of pyridine rings is 1. The molecule has 0 saturated carbocycles. The van der Waals surface area contributed by atoms with Crippen molar-refractivity contribution in [3.8, 4) is 0 Å². The van der Waals surface area contributed by atoms with E-state index in [1.54, 1.807) is 22.9 Å². The molecule has 4 heterocycles. The maximum Gasteiger partial charge on any atom is 0.256 e. The van der Waals surface area contributed by atoms with Crippen molar-refractivity contribution >= 4 is 11.8 Å². The molecule has 0 aliphatic carbocycles. The zero-order valence-electron chi connectivity index (χ0n) is 14.4. The van der Waals surface area contributed by atoms with Gasteiger partial charge in [0.1, 0.15) is 5.82 Å². The number of aromatic nitrogens is 3. The number of nitrogens with zero attached hydrogens (tertiary/aromatic N) is 4. The summed E-state index contributed by atoms with van der Waals surface area (Å²) in [6, 6.07) is 5.56. The third kappa shape index (κ3) is 2.98. The molecule has 26 heavy (non-hydrogen) atoms. The van der Waals surface area contributed by atoms with Crippen molar-refractivity contribution in [2.24, 2.45) is 5.92 Å². The molecule has 1 saturated heterocycles. The summed E-state index contributed by atoms with van der Waals surface area (Å²) in [6.45, 7) is 3.08. The van der Waals surface area contributed by atoms with E-state index in [9.17, 15) is 14.4 Å². The maximum absolute atomic E-state index is 12.8. The third-order valence-electron chi connectivity index (χ3n) is 4.86. The predicted octanol–water partition coefficient (Wildman–Crippen LogP) is 0.364. The first-order chi connectivity index (χ1) is 12.5. The van der Waals surface area contributed by atoms with Gasteiger partial charge in [-0.1, -0.05) is 6.07 Å². The SMILES string of the molecule is Cc1nc2c(c(=O)[nH]1)CN(C(=O)C1CC(=O)N(Cc3ccccn3)C1)C2. The number of H-pyrrole nitrogens is 1. The van der Waals surface area contributed by atoms with Crippen molar-refractivity contribution in [3.63, 3.8) is 0 Å². The molecule has 1 unspecified atom stereocenters. The number of carbonyl (C=O) groups excluding carboxylic acids is 2. The zero-order valence-corrected chi connectivity index (χ0v) is 14.4. The standard InChI is InChI=1S/C18H19N5O3/c1-11-20-15-10-23(9-14(15)17(25)21-11)18(26)12-6-16(24)22(7-12)8-13-4-2-3-5-19-13/h2-5,12H,6-10H2,1H3,(H,20,21,25). The lowest BCUT2D eigenvalue weighted by atomic mass is 10.1. The smallest absolute Gasteiger partial charge is 0.256 e. The molecule has 0 spiro atoms. The second kappa shape index (κ2) is 6.36. The molecule has 0 aromatic carbocycles. The van der Waals surface area contributed by atoms with Crippen molar-refractivity contribution in [1.82, 2.24) is 24.8 Å². The predicted molar refractivity (Wildman–Crippen MR) is 91.6 cm³/mol. The Morgan fingerprint density at radius 2 is 2.15 bits per heavy atom. The molecule has 8 nitrogen and oxygen atoms in total. The van der Waals surface area contributed by atoms with E-state index in [1.807, 2.05) is 18.2 Å². The van der Waals surface area contributed by atoms with E-state index < -0.39 is 0 Å². The summed E-state index contributed by atoms with van der Waals surface area (Å²) in [6.07, 6.45) is 1.88. The summed E-state index contributed by atoms with van der Waals surface area (Å²) in [7, 11) is 0. The van der Waals surface area contributed by atoms with Gasteiger partial charge in [-0.15, -0.1) is 0 Å². The van der Waals surface area contributed by atoms with E-state index in [1.165, 1.54) is 0 Å². The van der Waals surface area contributed by atoms with Gasteiger partial charge in [0.25, 0.3) is 5.56 Å². The van der Waals surface area contributed by atoms with Crippen molar-refractivity contribution in [2.45, 2.75) is 33.0 Å². The van der Waals surface area contributed by atoms with E-state index >= 15 is 0 Å². The molecular weight excluding hydrogens is 334 g/mol. The molecule has 0 radical (unpaired) electrons. The lowest BCUT2D eigenvalue weighted by Crippen LogP contribution is -2.34. The van der Waals surface area contributed by atoms with Crippen LogP contribution in [-0.2, 0) is 29.2 Å². The van der Waals surface area contributed by atoms with E-state index in [0.29, 0.717) is 36.7 Å². The molecule has 2 aromatic rings. The molecule has 2 aliphatic heterocycles. The number of amides is 2. The fourth-order valence-corrected chi connectivity index (χ4v) is 3.58. The fourth-order valence-electron chi connectivity index (χ4n) is 3.58. The van der Waals surface area contributed by atoms with Gasteiger partial charge in [0.05, 0.1) is 42.5 Å². The third-order valence-corrected chi connectivity index (χ3v) is 4.86. The number of hydrogen-bond acceptors (Lipinski definition) is 5. The lowest BCUT2D eigenvalue weighted by Gasteiger charge is -2.20. The van der Waals surface area contributed by atoms with E-state index in [0.717, 1.165) is 5.69 Å². The molecule has 1 N–H and O–H groups in total. The largest absolute Gasteiger partial charge is 0.336 e. The van der Waals surface area contributed by atoms with Gasteiger partial charge in [-0.2, -0.15) is 0 Å². The molecule has 8 heteroatoms. The Morgan fingerprint density at radius 1 is 1.31 bits per heavy atom. The summed E-state index contributed by atoms with van der Waals surface area (Å²) < 4.78 is 0. The molecule has 2 amide bonds. The average molecular weight is 353 g/mol. The molecular formula is C18H19N5O3. The molecule has 134 valence electrons. The van der Waals surface area contributed by atoms with Crippen LogP contribution in [0.5, 0.6) is 0 Å². The van der Waals surface area contributed by atoms with Crippen molar-refractivity contribution in [2.75, 3.05) is 6.54 Å². The zero-order chi connectivity index (χ0) is 18.3. The number of likely N-dealkylation sites (tertiary alicyclic amines) is 1. The Hall–Kier alpha value is -3.03. The van der Waals surface area contributed by atoms with Gasteiger partial charge in [-0.05, 0) is 19.1 Å². The highest BCUT2D eigenvalue weighted by atomic mass is 16.2. The summed E-state index contributed by atoms with van der Waals surface area (Å²) >= 11 is 0. The van der Waals surface area contributed by atoms with Gasteiger partial charge >= 0.3 is 0 Å². The monoisotopic (exact) mass is 353 g/mol. The fraction of sp³-hybridized carbons (Fsp3) is 0.389. The number of hydrogen-bond donors (Lipinski definition) is 1. The molecule has 2 aliphatic rings. The van der Waals surface area contributed by atoms with Crippen LogP contribution in [0.1, 0.15) is 29.2 Å². The molecule has 1 fully saturated rings. The number of aryl methyl sites for hydroxylation is 1. The first-order valence-electron chi connectivity index (χ1n) is 8.56. The van der Waals surface area contributed by atoms with Crippen LogP contribution in [0, 0.1) is 12.8 Å². The molecule has 1 atom stereocenters.